The van der Waals surface area contributed by atoms with Crippen molar-refractivity contribution in [3.05, 3.63) is 112 Å². The van der Waals surface area contributed by atoms with Crippen molar-refractivity contribution in [2.24, 2.45) is 5.92 Å². The molecule has 0 spiro atoms. The van der Waals surface area contributed by atoms with Crippen LogP contribution < -0.4 is 25.5 Å². The van der Waals surface area contributed by atoms with Gasteiger partial charge in [-0.2, -0.15) is 0 Å². The average Bonchev–Trinajstić information content (AvgIpc) is 3.53. The van der Waals surface area contributed by atoms with Crippen LogP contribution in [0.25, 0.3) is 0 Å². The van der Waals surface area contributed by atoms with Crippen molar-refractivity contribution in [1.29, 1.82) is 0 Å². The fourth-order valence-electron chi connectivity index (χ4n) is 5.89. The Morgan fingerprint density at radius 1 is 1.07 bits per heavy atom. The zero-order valence-electron chi connectivity index (χ0n) is 26.3. The largest absolute Gasteiger partial charge is 0.494 e. The molecule has 1 aliphatic carbocycles. The standard InChI is InChI=1S/C36H40F2N4O3/c1-5-23-15-24(12-11-22(3)36(29-21-44-20-28(23)29)42-33-13-14-40-19-34(33)43-4)35(39)26-9-7-8-10-32(26)41-18-27-30(37)16-25(45-6-2)17-31(27)38/h7-10,12-14,16-17,19,22,39,41H,5-6,11,15,18,20-21H2,1-4H3,(H,40,42)/p+1/b24-12-,28-23?,36-29+,39-35?. The van der Waals surface area contributed by atoms with Crippen LogP contribution in [-0.2, 0) is 11.3 Å². The van der Waals surface area contributed by atoms with Gasteiger partial charge < -0.3 is 24.8 Å². The second-order valence-electron chi connectivity index (χ2n) is 11.2. The number of nitrogens with two attached hydrogens (primary N) is 1. The van der Waals surface area contributed by atoms with E-state index in [2.05, 4.69) is 35.5 Å². The van der Waals surface area contributed by atoms with Crippen molar-refractivity contribution >= 4 is 17.1 Å². The van der Waals surface area contributed by atoms with Crippen LogP contribution in [0.4, 0.5) is 20.2 Å². The Bertz CT molecular complexity index is 1640. The zero-order valence-corrected chi connectivity index (χ0v) is 26.3. The highest BCUT2D eigenvalue weighted by molar-refractivity contribution is 6.12. The van der Waals surface area contributed by atoms with Gasteiger partial charge in [0.25, 0.3) is 0 Å². The van der Waals surface area contributed by atoms with Crippen LogP contribution in [0.3, 0.4) is 0 Å². The van der Waals surface area contributed by atoms with Gasteiger partial charge in [-0.15, -0.1) is 0 Å². The van der Waals surface area contributed by atoms with E-state index in [0.29, 0.717) is 43.4 Å². The van der Waals surface area contributed by atoms with E-state index in [1.54, 1.807) is 26.4 Å². The predicted octanol–water partition coefficient (Wildman–Crippen LogP) is 6.39. The van der Waals surface area contributed by atoms with Gasteiger partial charge in [-0.25, -0.2) is 8.78 Å². The van der Waals surface area contributed by atoms with E-state index in [-0.39, 0.29) is 23.8 Å². The summed E-state index contributed by atoms with van der Waals surface area (Å²) in [5.74, 6) is -0.375. The van der Waals surface area contributed by atoms with Gasteiger partial charge in [0, 0.05) is 65.3 Å². The Morgan fingerprint density at radius 3 is 2.56 bits per heavy atom. The average molecular weight is 616 g/mol. The number of para-hydroxylation sites is 1. The van der Waals surface area contributed by atoms with E-state index >= 15 is 0 Å². The van der Waals surface area contributed by atoms with E-state index in [9.17, 15) is 8.78 Å². The Hall–Kier alpha value is -4.50. The minimum absolute atomic E-state index is 0.0488. The molecule has 2 aromatic carbocycles. The summed E-state index contributed by atoms with van der Waals surface area (Å²) in [6.07, 6.45) is 7.89. The molecule has 0 saturated carbocycles. The summed E-state index contributed by atoms with van der Waals surface area (Å²) >= 11 is 0. The molecule has 2 heterocycles. The van der Waals surface area contributed by atoms with Gasteiger partial charge in [0.05, 0.1) is 44.4 Å². The molecule has 1 atom stereocenters. The quantitative estimate of drug-likeness (QED) is 0.217. The lowest BCUT2D eigenvalue weighted by molar-refractivity contribution is -0.112. The summed E-state index contributed by atoms with van der Waals surface area (Å²) in [6.45, 7) is 7.45. The van der Waals surface area contributed by atoms with Crippen LogP contribution in [0.2, 0.25) is 0 Å². The van der Waals surface area contributed by atoms with Gasteiger partial charge in [-0.3, -0.25) is 10.4 Å². The van der Waals surface area contributed by atoms with Crippen LogP contribution >= 0.6 is 0 Å². The molecule has 3 aromatic rings. The molecular weight excluding hydrogens is 574 g/mol. The Morgan fingerprint density at radius 2 is 1.82 bits per heavy atom. The van der Waals surface area contributed by atoms with Crippen LogP contribution in [0.1, 0.15) is 51.2 Å². The summed E-state index contributed by atoms with van der Waals surface area (Å²) in [5.41, 5.74) is 8.61. The van der Waals surface area contributed by atoms with E-state index in [1.165, 1.54) is 28.9 Å². The summed E-state index contributed by atoms with van der Waals surface area (Å²) in [6, 6.07) is 11.9. The van der Waals surface area contributed by atoms with Crippen LogP contribution in [-0.4, -0.2) is 37.6 Å². The van der Waals surface area contributed by atoms with E-state index in [0.717, 1.165) is 35.4 Å². The summed E-state index contributed by atoms with van der Waals surface area (Å²) in [4.78, 5) is 4.19. The molecule has 0 radical (unpaired) electrons. The maximum Gasteiger partial charge on any atom is 0.209 e. The lowest BCUT2D eigenvalue weighted by atomic mass is 9.90. The Kier molecular flexibility index (Phi) is 10.3. The van der Waals surface area contributed by atoms with E-state index < -0.39 is 11.6 Å². The van der Waals surface area contributed by atoms with Crippen molar-refractivity contribution in [1.82, 2.24) is 4.98 Å². The van der Waals surface area contributed by atoms with E-state index in [4.69, 9.17) is 19.6 Å². The van der Waals surface area contributed by atoms with Gasteiger partial charge in [0.15, 0.2) is 5.75 Å². The Labute approximate surface area is 263 Å². The molecule has 4 N–H and O–H groups in total. The third-order valence-corrected chi connectivity index (χ3v) is 8.37. The van der Waals surface area contributed by atoms with Crippen molar-refractivity contribution in [2.75, 3.05) is 37.6 Å². The first-order chi connectivity index (χ1) is 21.8. The van der Waals surface area contributed by atoms with Gasteiger partial charge in [0.2, 0.25) is 5.71 Å². The van der Waals surface area contributed by atoms with Crippen molar-refractivity contribution in [2.45, 2.75) is 46.6 Å². The SMILES string of the molecule is CCOc1cc(F)c(CNc2ccccc2C(=[NH2+])/C2=C\CC(C)/C(Nc3ccncc3OC)=C3/COCC3=C(CC)C2)c(F)c1. The lowest BCUT2D eigenvalue weighted by Gasteiger charge is -2.21. The lowest BCUT2D eigenvalue weighted by Crippen LogP contribution is -2.42. The minimum Gasteiger partial charge on any atom is -0.494 e. The molecule has 2 aliphatic rings. The van der Waals surface area contributed by atoms with Crippen molar-refractivity contribution in [3.8, 4) is 11.5 Å². The van der Waals surface area contributed by atoms with Crippen LogP contribution in [0, 0.1) is 17.6 Å². The van der Waals surface area contributed by atoms with Gasteiger partial charge >= 0.3 is 0 Å². The number of aromatic nitrogens is 1. The fourth-order valence-corrected chi connectivity index (χ4v) is 5.89. The first kappa shape index (κ1) is 31.9. The second kappa shape index (κ2) is 14.5. The number of allylic oxidation sites excluding steroid dienone is 4. The van der Waals surface area contributed by atoms with Gasteiger partial charge in [0.1, 0.15) is 17.4 Å². The summed E-state index contributed by atoms with van der Waals surface area (Å²) < 4.78 is 46.5. The molecule has 1 saturated heterocycles. The number of hydrogen-bond acceptors (Lipinski definition) is 6. The number of benzene rings is 2. The highest BCUT2D eigenvalue weighted by Crippen LogP contribution is 2.38. The molecule has 1 fully saturated rings. The molecule has 1 aliphatic heterocycles. The molecule has 236 valence electrons. The monoisotopic (exact) mass is 615 g/mol. The fraction of sp³-hybridized carbons (Fsp3) is 0.333. The number of halogens is 2. The number of anilines is 2. The first-order valence-corrected chi connectivity index (χ1v) is 15.4. The second-order valence-corrected chi connectivity index (χ2v) is 11.2. The maximum absolute atomic E-state index is 14.8. The molecule has 1 aromatic heterocycles. The smallest absolute Gasteiger partial charge is 0.209 e. The zero-order chi connectivity index (χ0) is 31.9. The topological polar surface area (TPSA) is 90.2 Å². The molecule has 1 unspecified atom stereocenters. The molecule has 45 heavy (non-hydrogen) atoms. The minimum atomic E-state index is -0.663. The predicted molar refractivity (Wildman–Crippen MR) is 173 cm³/mol. The van der Waals surface area contributed by atoms with Gasteiger partial charge in [-0.1, -0.05) is 37.6 Å². The number of methoxy groups -OCH3 is 1. The number of ether oxygens (including phenoxy) is 3. The third kappa shape index (κ3) is 7.09. The molecule has 7 nitrogen and oxygen atoms in total. The normalized spacial score (nSPS) is 19.5. The maximum atomic E-state index is 14.8. The first-order valence-electron chi connectivity index (χ1n) is 15.4. The third-order valence-electron chi connectivity index (χ3n) is 8.37. The number of pyridine rings is 1. The highest BCUT2D eigenvalue weighted by Gasteiger charge is 2.29. The number of fused-ring (bicyclic) bond motifs is 1. The molecule has 0 bridgehead atoms. The summed E-state index contributed by atoms with van der Waals surface area (Å²) in [5, 5.41) is 13.8. The summed E-state index contributed by atoms with van der Waals surface area (Å²) in [7, 11) is 1.64. The molecule has 9 heteroatoms. The highest BCUT2D eigenvalue weighted by atomic mass is 19.1. The van der Waals surface area contributed by atoms with E-state index in [1.807, 2.05) is 30.3 Å². The van der Waals surface area contributed by atoms with Crippen LogP contribution in [0.5, 0.6) is 11.5 Å². The van der Waals surface area contributed by atoms with Crippen molar-refractivity contribution in [3.63, 3.8) is 0 Å². The Balaban J connectivity index is 1.44. The number of nitrogens with one attached hydrogen (secondary N) is 2. The number of rotatable bonds is 11. The molecular formula is C36H41F2N4O3+. The van der Waals surface area contributed by atoms with Crippen molar-refractivity contribution < 1.29 is 28.4 Å². The van der Waals surface area contributed by atoms with Crippen LogP contribution in [0.15, 0.2) is 88.9 Å². The molecule has 5 rings (SSSR count). The molecule has 0 amide bonds. The number of nitrogens with zero attached hydrogens (tertiary/aromatic N) is 1. The van der Waals surface area contributed by atoms with Gasteiger partial charge in [-0.05, 0) is 43.5 Å². The number of hydrogen-bond donors (Lipinski definition) is 3.